The molecule has 3 aromatic heterocycles. The maximum atomic E-state index is 5.06. The average molecular weight is 704 g/mol. The molecule has 0 spiro atoms. The smallest absolute Gasteiger partial charge is 0.145 e. The van der Waals surface area contributed by atoms with Crippen LogP contribution >= 0.6 is 0 Å². The number of para-hydroxylation sites is 6. The highest BCUT2D eigenvalue weighted by Gasteiger charge is 2.16. The quantitative estimate of drug-likeness (QED) is 0.187. The van der Waals surface area contributed by atoms with Gasteiger partial charge < -0.3 is 4.98 Å². The molecule has 0 aliphatic heterocycles. The number of H-pyrrole nitrogens is 1. The first-order valence-corrected chi connectivity index (χ1v) is 18.6. The summed E-state index contributed by atoms with van der Waals surface area (Å²) in [5.74, 6) is 1.86. The van der Waals surface area contributed by atoms with E-state index in [9.17, 15) is 0 Å². The molecule has 8 aromatic carbocycles. The van der Waals surface area contributed by atoms with Crippen LogP contribution in [0.2, 0.25) is 0 Å². The topological polar surface area (TPSA) is 51.4 Å². The van der Waals surface area contributed by atoms with Gasteiger partial charge in [-0.3, -0.25) is 9.13 Å². The van der Waals surface area contributed by atoms with E-state index < -0.39 is 0 Å². The summed E-state index contributed by atoms with van der Waals surface area (Å²) in [6.07, 6.45) is 0. The molecule has 3 heterocycles. The number of fused-ring (bicyclic) bond motifs is 5. The summed E-state index contributed by atoms with van der Waals surface area (Å²) in [6.45, 7) is 0. The number of aromatic nitrogens is 5. The lowest BCUT2D eigenvalue weighted by atomic mass is 9.99. The summed E-state index contributed by atoms with van der Waals surface area (Å²) in [5, 5.41) is 2.41. The Hall–Kier alpha value is -7.50. The minimum atomic E-state index is 0.932. The van der Waals surface area contributed by atoms with Crippen molar-refractivity contribution in [1.82, 2.24) is 24.1 Å². The Morgan fingerprint density at radius 1 is 0.327 bits per heavy atom. The number of rotatable bonds is 6. The third-order valence-electron chi connectivity index (χ3n) is 10.7. The van der Waals surface area contributed by atoms with E-state index in [1.807, 2.05) is 24.3 Å². The standard InChI is InChI=1S/C50H33N5/c1-3-11-39(12-4-1)54-47-17-9-7-15-45(47)52-49(54)35-23-19-33(20-24-35)37-27-29-43-41(31-37)42-32-38(28-30-44(42)51-43)34-21-25-36(26-22-34)50-53-46-16-8-10-18-48(46)55(50)40-13-5-2-6-14-40/h1-32,51H. The van der Waals surface area contributed by atoms with E-state index in [1.165, 1.54) is 21.9 Å². The van der Waals surface area contributed by atoms with Gasteiger partial charge in [0.1, 0.15) is 11.6 Å². The molecule has 0 unspecified atom stereocenters. The number of nitrogens with zero attached hydrogens (tertiary/aromatic N) is 4. The van der Waals surface area contributed by atoms with Crippen LogP contribution in [-0.4, -0.2) is 24.1 Å². The average Bonchev–Trinajstić information content (AvgIpc) is 3.96. The molecule has 11 aromatic rings. The molecule has 55 heavy (non-hydrogen) atoms. The van der Waals surface area contributed by atoms with Crippen molar-refractivity contribution in [3.63, 3.8) is 0 Å². The zero-order valence-corrected chi connectivity index (χ0v) is 29.8. The van der Waals surface area contributed by atoms with Gasteiger partial charge in [-0.1, -0.05) is 121 Å². The van der Waals surface area contributed by atoms with Crippen LogP contribution in [0, 0.1) is 0 Å². The number of imidazole rings is 2. The molecule has 0 atom stereocenters. The lowest BCUT2D eigenvalue weighted by Gasteiger charge is -2.10. The highest BCUT2D eigenvalue weighted by molar-refractivity contribution is 6.09. The van der Waals surface area contributed by atoms with E-state index in [0.717, 1.165) is 78.4 Å². The van der Waals surface area contributed by atoms with E-state index in [1.54, 1.807) is 0 Å². The summed E-state index contributed by atoms with van der Waals surface area (Å²) in [6, 6.07) is 68.6. The van der Waals surface area contributed by atoms with Crippen molar-refractivity contribution in [2.24, 2.45) is 0 Å². The van der Waals surface area contributed by atoms with Crippen LogP contribution < -0.4 is 0 Å². The van der Waals surface area contributed by atoms with Gasteiger partial charge in [-0.05, 0) is 95.1 Å². The highest BCUT2D eigenvalue weighted by Crippen LogP contribution is 2.36. The Labute approximate surface area is 317 Å². The fourth-order valence-corrected chi connectivity index (χ4v) is 8.00. The van der Waals surface area contributed by atoms with Crippen LogP contribution in [0.4, 0.5) is 0 Å². The molecule has 0 aliphatic carbocycles. The predicted octanol–water partition coefficient (Wildman–Crippen LogP) is 12.7. The fourth-order valence-electron chi connectivity index (χ4n) is 8.00. The minimum absolute atomic E-state index is 0.932. The van der Waals surface area contributed by atoms with Crippen molar-refractivity contribution >= 4 is 43.9 Å². The normalized spacial score (nSPS) is 11.6. The lowest BCUT2D eigenvalue weighted by molar-refractivity contribution is 1.10. The van der Waals surface area contributed by atoms with Crippen LogP contribution in [0.15, 0.2) is 194 Å². The second kappa shape index (κ2) is 12.6. The molecule has 1 N–H and O–H groups in total. The summed E-state index contributed by atoms with van der Waals surface area (Å²) in [7, 11) is 0. The van der Waals surface area contributed by atoms with Crippen LogP contribution in [0.3, 0.4) is 0 Å². The second-order valence-corrected chi connectivity index (χ2v) is 14.0. The van der Waals surface area contributed by atoms with Gasteiger partial charge in [-0.25, -0.2) is 9.97 Å². The number of hydrogen-bond acceptors (Lipinski definition) is 2. The molecule has 11 rings (SSSR count). The Balaban J connectivity index is 0.934. The summed E-state index contributed by atoms with van der Waals surface area (Å²) >= 11 is 0. The van der Waals surface area contributed by atoms with E-state index in [4.69, 9.17) is 9.97 Å². The highest BCUT2D eigenvalue weighted by atomic mass is 15.1. The predicted molar refractivity (Wildman–Crippen MR) is 227 cm³/mol. The molecule has 0 bridgehead atoms. The largest absolute Gasteiger partial charge is 0.355 e. The molecular formula is C50H33N5. The molecule has 258 valence electrons. The van der Waals surface area contributed by atoms with Crippen LogP contribution in [0.5, 0.6) is 0 Å². The van der Waals surface area contributed by atoms with Crippen LogP contribution in [0.1, 0.15) is 0 Å². The first-order valence-electron chi connectivity index (χ1n) is 18.6. The molecule has 0 saturated carbocycles. The molecule has 0 aliphatic rings. The monoisotopic (exact) mass is 703 g/mol. The van der Waals surface area contributed by atoms with E-state index >= 15 is 0 Å². The van der Waals surface area contributed by atoms with Crippen molar-refractivity contribution in [3.05, 3.63) is 194 Å². The minimum Gasteiger partial charge on any atom is -0.355 e. The third kappa shape index (κ3) is 5.24. The van der Waals surface area contributed by atoms with Gasteiger partial charge in [0.2, 0.25) is 0 Å². The number of aromatic amines is 1. The number of nitrogens with one attached hydrogen (secondary N) is 1. The molecule has 0 fully saturated rings. The molecule has 5 nitrogen and oxygen atoms in total. The van der Waals surface area contributed by atoms with Gasteiger partial charge in [0.05, 0.1) is 22.1 Å². The summed E-state index contributed by atoms with van der Waals surface area (Å²) in [5.41, 5.74) is 15.4. The van der Waals surface area contributed by atoms with Crippen molar-refractivity contribution in [1.29, 1.82) is 0 Å². The van der Waals surface area contributed by atoms with Gasteiger partial charge in [0, 0.05) is 44.3 Å². The van der Waals surface area contributed by atoms with Crippen molar-refractivity contribution in [2.45, 2.75) is 0 Å². The summed E-state index contributed by atoms with van der Waals surface area (Å²) < 4.78 is 4.49. The SMILES string of the molecule is c1ccc(-n2c(-c3ccc(-c4ccc5[nH]c6ccc(-c7ccc(-c8nc9ccccc9n8-c8ccccc8)cc7)cc6c5c4)cc3)nc3ccccc32)cc1. The zero-order valence-electron chi connectivity index (χ0n) is 29.8. The Morgan fingerprint density at radius 2 is 0.691 bits per heavy atom. The number of benzene rings is 8. The van der Waals surface area contributed by atoms with Gasteiger partial charge >= 0.3 is 0 Å². The van der Waals surface area contributed by atoms with Gasteiger partial charge in [-0.15, -0.1) is 0 Å². The molecular weight excluding hydrogens is 671 g/mol. The molecule has 0 radical (unpaired) electrons. The van der Waals surface area contributed by atoms with Gasteiger partial charge in [0.25, 0.3) is 0 Å². The maximum absolute atomic E-state index is 5.06. The van der Waals surface area contributed by atoms with Crippen molar-refractivity contribution < 1.29 is 0 Å². The van der Waals surface area contributed by atoms with Crippen LogP contribution in [0.25, 0.3) is 100 Å². The zero-order chi connectivity index (χ0) is 36.3. The third-order valence-corrected chi connectivity index (χ3v) is 10.7. The van der Waals surface area contributed by atoms with E-state index in [2.05, 4.69) is 184 Å². The van der Waals surface area contributed by atoms with E-state index in [-0.39, 0.29) is 0 Å². The lowest BCUT2D eigenvalue weighted by Crippen LogP contribution is -1.97. The molecule has 0 saturated heterocycles. The van der Waals surface area contributed by atoms with Gasteiger partial charge in [-0.2, -0.15) is 0 Å². The van der Waals surface area contributed by atoms with E-state index in [0.29, 0.717) is 0 Å². The first kappa shape index (κ1) is 31.1. The Bertz CT molecular complexity index is 2950. The number of hydrogen-bond donors (Lipinski definition) is 1. The Kier molecular flexibility index (Phi) is 7.10. The van der Waals surface area contributed by atoms with Gasteiger partial charge in [0.15, 0.2) is 0 Å². The Morgan fingerprint density at radius 3 is 1.13 bits per heavy atom. The maximum Gasteiger partial charge on any atom is 0.145 e. The summed E-state index contributed by atoms with van der Waals surface area (Å²) in [4.78, 5) is 13.8. The fraction of sp³-hybridized carbons (Fsp3) is 0. The first-order chi connectivity index (χ1) is 27.2. The van der Waals surface area contributed by atoms with Crippen molar-refractivity contribution in [3.8, 4) is 56.4 Å². The van der Waals surface area contributed by atoms with Crippen molar-refractivity contribution in [2.75, 3.05) is 0 Å². The molecule has 0 amide bonds. The molecule has 5 heteroatoms. The van der Waals surface area contributed by atoms with Crippen LogP contribution in [-0.2, 0) is 0 Å². The second-order valence-electron chi connectivity index (χ2n) is 14.0.